The predicted octanol–water partition coefficient (Wildman–Crippen LogP) is 3.52. The lowest BCUT2D eigenvalue weighted by molar-refractivity contribution is 1.05. The van der Waals surface area contributed by atoms with Crippen LogP contribution in [0.15, 0.2) is 36.4 Å². The summed E-state index contributed by atoms with van der Waals surface area (Å²) >= 11 is 6.03. The topological polar surface area (TPSA) is 102 Å². The first-order valence-electron chi connectivity index (χ1n) is 6.73. The van der Waals surface area contributed by atoms with Crippen LogP contribution >= 0.6 is 11.6 Å². The molecule has 3 aromatic rings. The number of nitrogens with zero attached hydrogens (tertiary/aromatic N) is 4. The molecule has 2 aromatic heterocycles. The fourth-order valence-corrected chi connectivity index (χ4v) is 2.09. The number of hydrogen-bond donors (Lipinski definition) is 3. The third-order valence-corrected chi connectivity index (χ3v) is 3.12. The van der Waals surface area contributed by atoms with Crippen LogP contribution in [0.25, 0.3) is 0 Å². The Balaban J connectivity index is 1.80. The van der Waals surface area contributed by atoms with E-state index in [0.717, 1.165) is 11.4 Å². The number of hydrogen-bond acceptors (Lipinski definition) is 6. The second-order valence-corrected chi connectivity index (χ2v) is 5.16. The van der Waals surface area contributed by atoms with E-state index in [1.54, 1.807) is 30.3 Å². The number of anilines is 4. The predicted molar refractivity (Wildman–Crippen MR) is 88.1 cm³/mol. The van der Waals surface area contributed by atoms with E-state index in [0.29, 0.717) is 28.3 Å². The highest BCUT2D eigenvalue weighted by Gasteiger charge is 2.06. The molecule has 7 nitrogen and oxygen atoms in total. The molecule has 3 rings (SSSR count). The Morgan fingerprint density at radius 1 is 1.09 bits per heavy atom. The van der Waals surface area contributed by atoms with Crippen molar-refractivity contribution in [2.24, 2.45) is 0 Å². The number of benzene rings is 1. The van der Waals surface area contributed by atoms with Crippen molar-refractivity contribution in [2.45, 2.75) is 6.92 Å². The molecule has 0 atom stereocenters. The molecule has 114 valence electrons. The Hall–Kier alpha value is -3.11. The maximum absolute atomic E-state index is 8.80. The second kappa shape index (κ2) is 6.34. The number of aromatic amines is 1. The van der Waals surface area contributed by atoms with Crippen LogP contribution in [0.5, 0.6) is 0 Å². The lowest BCUT2D eigenvalue weighted by Gasteiger charge is -2.08. The summed E-state index contributed by atoms with van der Waals surface area (Å²) in [4.78, 5) is 8.47. The summed E-state index contributed by atoms with van der Waals surface area (Å²) in [6, 6.07) is 12.5. The minimum Gasteiger partial charge on any atom is -0.324 e. The molecule has 0 radical (unpaired) electrons. The maximum atomic E-state index is 8.80. The number of nitrogens with one attached hydrogen (secondary N) is 3. The van der Waals surface area contributed by atoms with Gasteiger partial charge in [0.25, 0.3) is 0 Å². The van der Waals surface area contributed by atoms with Gasteiger partial charge in [0.2, 0.25) is 5.95 Å². The van der Waals surface area contributed by atoms with Gasteiger partial charge < -0.3 is 10.6 Å². The fraction of sp³-hybridized carbons (Fsp3) is 0.0667. The number of halogens is 1. The largest absolute Gasteiger partial charge is 0.324 e. The van der Waals surface area contributed by atoms with E-state index in [4.69, 9.17) is 16.9 Å². The van der Waals surface area contributed by atoms with Crippen LogP contribution in [0.1, 0.15) is 11.3 Å². The summed E-state index contributed by atoms with van der Waals surface area (Å²) in [6.45, 7) is 1.91. The minimum absolute atomic E-state index is 0.297. The molecule has 0 saturated heterocycles. The SMILES string of the molecule is Cc1cc(Nc2cc(Cl)nc(Nc3ccc(C#N)cc3)n2)n[nH]1. The zero-order valence-electron chi connectivity index (χ0n) is 12.1. The Kier molecular flexibility index (Phi) is 4.08. The molecule has 0 saturated carbocycles. The molecule has 0 aliphatic heterocycles. The average molecular weight is 326 g/mol. The van der Waals surface area contributed by atoms with Gasteiger partial charge in [-0.05, 0) is 31.2 Å². The molecule has 0 bridgehead atoms. The molecular weight excluding hydrogens is 314 g/mol. The van der Waals surface area contributed by atoms with Gasteiger partial charge >= 0.3 is 0 Å². The number of nitriles is 1. The number of aromatic nitrogens is 4. The summed E-state index contributed by atoms with van der Waals surface area (Å²) in [5.74, 6) is 1.51. The zero-order chi connectivity index (χ0) is 16.2. The Morgan fingerprint density at radius 3 is 2.52 bits per heavy atom. The average Bonchev–Trinajstić information content (AvgIpc) is 2.92. The number of aryl methyl sites for hydroxylation is 1. The normalized spacial score (nSPS) is 10.1. The summed E-state index contributed by atoms with van der Waals surface area (Å²) < 4.78 is 0. The van der Waals surface area contributed by atoms with Crippen LogP contribution in [0.3, 0.4) is 0 Å². The van der Waals surface area contributed by atoms with Crippen LogP contribution in [-0.4, -0.2) is 20.2 Å². The molecule has 1 aromatic carbocycles. The molecule has 23 heavy (non-hydrogen) atoms. The minimum atomic E-state index is 0.297. The van der Waals surface area contributed by atoms with Gasteiger partial charge in [-0.15, -0.1) is 0 Å². The monoisotopic (exact) mass is 325 g/mol. The van der Waals surface area contributed by atoms with E-state index >= 15 is 0 Å². The van der Waals surface area contributed by atoms with Crippen molar-refractivity contribution in [2.75, 3.05) is 10.6 Å². The van der Waals surface area contributed by atoms with Gasteiger partial charge in [-0.25, -0.2) is 4.98 Å². The third kappa shape index (κ3) is 3.75. The van der Waals surface area contributed by atoms with E-state index in [-0.39, 0.29) is 0 Å². The molecular formula is C15H12ClN7. The molecule has 0 aliphatic carbocycles. The number of rotatable bonds is 4. The van der Waals surface area contributed by atoms with Crippen molar-refractivity contribution in [1.29, 1.82) is 5.26 Å². The summed E-state index contributed by atoms with van der Waals surface area (Å²) in [6.07, 6.45) is 0. The van der Waals surface area contributed by atoms with E-state index in [9.17, 15) is 0 Å². The Morgan fingerprint density at radius 2 is 1.87 bits per heavy atom. The third-order valence-electron chi connectivity index (χ3n) is 2.93. The first-order chi connectivity index (χ1) is 11.1. The molecule has 8 heteroatoms. The summed E-state index contributed by atoms with van der Waals surface area (Å²) in [7, 11) is 0. The van der Waals surface area contributed by atoms with E-state index in [2.05, 4.69) is 36.9 Å². The van der Waals surface area contributed by atoms with Crippen LogP contribution in [0.2, 0.25) is 5.15 Å². The first kappa shape index (κ1) is 14.8. The Labute approximate surface area is 137 Å². The van der Waals surface area contributed by atoms with Crippen LogP contribution < -0.4 is 10.6 Å². The van der Waals surface area contributed by atoms with Crippen molar-refractivity contribution in [3.63, 3.8) is 0 Å². The van der Waals surface area contributed by atoms with Gasteiger partial charge in [0.05, 0.1) is 11.6 Å². The van der Waals surface area contributed by atoms with Gasteiger partial charge in [0.15, 0.2) is 5.82 Å². The van der Waals surface area contributed by atoms with E-state index in [1.807, 2.05) is 13.0 Å². The van der Waals surface area contributed by atoms with E-state index in [1.165, 1.54) is 0 Å². The summed E-state index contributed by atoms with van der Waals surface area (Å²) in [5.41, 5.74) is 2.27. The van der Waals surface area contributed by atoms with Crippen molar-refractivity contribution in [3.05, 3.63) is 52.8 Å². The molecule has 0 fully saturated rings. The molecule has 0 unspecified atom stereocenters. The van der Waals surface area contributed by atoms with Gasteiger partial charge in [0.1, 0.15) is 11.0 Å². The van der Waals surface area contributed by atoms with E-state index < -0.39 is 0 Å². The van der Waals surface area contributed by atoms with Crippen LogP contribution in [0.4, 0.5) is 23.3 Å². The lowest BCUT2D eigenvalue weighted by atomic mass is 10.2. The number of H-pyrrole nitrogens is 1. The van der Waals surface area contributed by atoms with Crippen molar-refractivity contribution < 1.29 is 0 Å². The highest BCUT2D eigenvalue weighted by molar-refractivity contribution is 6.29. The molecule has 3 N–H and O–H groups in total. The summed E-state index contributed by atoms with van der Waals surface area (Å²) in [5, 5.41) is 22.1. The van der Waals surface area contributed by atoms with Gasteiger partial charge in [-0.1, -0.05) is 11.6 Å². The second-order valence-electron chi connectivity index (χ2n) is 4.77. The van der Waals surface area contributed by atoms with Crippen molar-refractivity contribution >= 4 is 34.9 Å². The quantitative estimate of drug-likeness (QED) is 0.634. The van der Waals surface area contributed by atoms with Crippen LogP contribution in [-0.2, 0) is 0 Å². The molecule has 0 aliphatic rings. The first-order valence-corrected chi connectivity index (χ1v) is 7.11. The van der Waals surface area contributed by atoms with Gasteiger partial charge in [-0.3, -0.25) is 5.10 Å². The molecule has 2 heterocycles. The molecule has 0 spiro atoms. The van der Waals surface area contributed by atoms with Crippen molar-refractivity contribution in [1.82, 2.24) is 20.2 Å². The standard InChI is InChI=1S/C15H12ClN7/c1-9-6-14(23-22-9)20-13-7-12(16)19-15(21-13)18-11-4-2-10(8-17)3-5-11/h2-7H,1H3,(H3,18,19,20,21,22,23). The highest BCUT2D eigenvalue weighted by Crippen LogP contribution is 2.21. The Bertz CT molecular complexity index is 864. The van der Waals surface area contributed by atoms with Crippen molar-refractivity contribution in [3.8, 4) is 6.07 Å². The fourth-order valence-electron chi connectivity index (χ4n) is 1.91. The highest BCUT2D eigenvalue weighted by atomic mass is 35.5. The van der Waals surface area contributed by atoms with Crippen LogP contribution in [0, 0.1) is 18.3 Å². The van der Waals surface area contributed by atoms with Gasteiger partial charge in [-0.2, -0.15) is 15.3 Å². The lowest BCUT2D eigenvalue weighted by Crippen LogP contribution is -2.01. The smallest absolute Gasteiger partial charge is 0.230 e. The van der Waals surface area contributed by atoms with Gasteiger partial charge in [0, 0.05) is 23.5 Å². The zero-order valence-corrected chi connectivity index (χ0v) is 12.9. The molecule has 0 amide bonds. The maximum Gasteiger partial charge on any atom is 0.230 e.